The fourth-order valence-electron chi connectivity index (χ4n) is 3.17. The van der Waals surface area contributed by atoms with Crippen molar-refractivity contribution in [1.29, 1.82) is 0 Å². The van der Waals surface area contributed by atoms with Gasteiger partial charge >= 0.3 is 0 Å². The normalized spacial score (nSPS) is 23.6. The summed E-state index contributed by atoms with van der Waals surface area (Å²) in [6, 6.07) is 4.73. The van der Waals surface area contributed by atoms with E-state index in [1.807, 2.05) is 11.3 Å². The molecule has 0 bridgehead atoms. The Labute approximate surface area is 141 Å². The van der Waals surface area contributed by atoms with Gasteiger partial charge in [-0.25, -0.2) is 9.97 Å². The van der Waals surface area contributed by atoms with Crippen molar-refractivity contribution in [2.24, 2.45) is 5.73 Å². The smallest absolute Gasteiger partial charge is 0.134 e. The van der Waals surface area contributed by atoms with Crippen molar-refractivity contribution < 1.29 is 0 Å². The highest BCUT2D eigenvalue weighted by atomic mass is 32.1. The number of aryl methyl sites for hydroxylation is 1. The first kappa shape index (κ1) is 15.1. The van der Waals surface area contributed by atoms with Gasteiger partial charge in [-0.2, -0.15) is 0 Å². The average Bonchev–Trinajstić information content (AvgIpc) is 3.29. The molecule has 2 saturated carbocycles. The van der Waals surface area contributed by atoms with Gasteiger partial charge in [0.15, 0.2) is 0 Å². The fraction of sp³-hybridized carbons (Fsp3) is 0.556. The zero-order valence-electron chi connectivity index (χ0n) is 13.8. The van der Waals surface area contributed by atoms with Crippen LogP contribution in [0.1, 0.15) is 59.5 Å². The zero-order chi connectivity index (χ0) is 16.0. The molecule has 4 nitrogen and oxygen atoms in total. The number of nitrogens with zero attached hydrogens (tertiary/aromatic N) is 3. The van der Waals surface area contributed by atoms with Gasteiger partial charge < -0.3 is 10.6 Å². The Morgan fingerprint density at radius 2 is 2.04 bits per heavy atom. The largest absolute Gasteiger partial charge is 0.354 e. The van der Waals surface area contributed by atoms with E-state index in [-0.39, 0.29) is 0 Å². The van der Waals surface area contributed by atoms with E-state index in [2.05, 4.69) is 36.4 Å². The van der Waals surface area contributed by atoms with Crippen molar-refractivity contribution in [1.82, 2.24) is 9.97 Å². The van der Waals surface area contributed by atoms with Gasteiger partial charge in [0.2, 0.25) is 0 Å². The number of hydrogen-bond acceptors (Lipinski definition) is 5. The van der Waals surface area contributed by atoms with Crippen LogP contribution in [0.25, 0.3) is 0 Å². The van der Waals surface area contributed by atoms with Crippen LogP contribution in [0.15, 0.2) is 17.5 Å². The van der Waals surface area contributed by atoms with Crippen LogP contribution in [0.5, 0.6) is 0 Å². The molecule has 4 rings (SSSR count). The molecule has 2 N–H and O–H groups in total. The minimum atomic E-state index is 0.356. The van der Waals surface area contributed by atoms with Crippen LogP contribution in [0.4, 0.5) is 5.82 Å². The molecule has 2 aliphatic carbocycles. The van der Waals surface area contributed by atoms with Crippen molar-refractivity contribution in [3.8, 4) is 0 Å². The fourth-order valence-corrected chi connectivity index (χ4v) is 4.12. The summed E-state index contributed by atoms with van der Waals surface area (Å²) in [5.41, 5.74) is 8.54. The van der Waals surface area contributed by atoms with E-state index >= 15 is 0 Å². The molecule has 2 aromatic rings. The Morgan fingerprint density at radius 1 is 1.26 bits per heavy atom. The van der Waals surface area contributed by atoms with Crippen LogP contribution in [0.2, 0.25) is 0 Å². The summed E-state index contributed by atoms with van der Waals surface area (Å²) in [7, 11) is 2.13. The molecule has 2 heterocycles. The van der Waals surface area contributed by atoms with Gasteiger partial charge in [-0.3, -0.25) is 0 Å². The maximum Gasteiger partial charge on any atom is 0.134 e. The van der Waals surface area contributed by atoms with Gasteiger partial charge in [0, 0.05) is 41.6 Å². The molecule has 2 aromatic heterocycles. The third-order valence-corrected chi connectivity index (χ3v) is 6.03. The average molecular weight is 328 g/mol. The lowest BCUT2D eigenvalue weighted by atomic mass is 9.78. The molecule has 0 aromatic carbocycles. The Hall–Kier alpha value is -1.46. The molecular formula is C18H24N4S. The lowest BCUT2D eigenvalue weighted by molar-refractivity contribution is 0.344. The van der Waals surface area contributed by atoms with Gasteiger partial charge in [0.05, 0.1) is 6.54 Å². The Kier molecular flexibility index (Phi) is 3.85. The predicted molar refractivity (Wildman–Crippen MR) is 95.1 cm³/mol. The second kappa shape index (κ2) is 5.87. The highest BCUT2D eigenvalue weighted by molar-refractivity contribution is 7.10. The molecule has 2 fully saturated rings. The van der Waals surface area contributed by atoms with Crippen LogP contribution in [-0.2, 0) is 6.54 Å². The van der Waals surface area contributed by atoms with Crippen molar-refractivity contribution in [2.45, 2.75) is 57.0 Å². The number of aromatic nitrogens is 2. The van der Waals surface area contributed by atoms with E-state index < -0.39 is 0 Å². The second-order valence-electron chi connectivity index (χ2n) is 7.09. The molecular weight excluding hydrogens is 304 g/mol. The summed E-state index contributed by atoms with van der Waals surface area (Å²) in [5.74, 6) is 3.22. The Bertz CT molecular complexity index is 701. The maximum atomic E-state index is 5.97. The van der Waals surface area contributed by atoms with Gasteiger partial charge in [0.1, 0.15) is 11.6 Å². The van der Waals surface area contributed by atoms with Crippen LogP contribution in [0, 0.1) is 6.92 Å². The SMILES string of the molecule is Cc1ccsc1CN(C)c1cc(C2CC(N)C2)nc(C2CC2)n1. The standard InChI is InChI=1S/C18H24N4S/c1-11-5-6-23-16(11)10-22(2)17-9-15(13-7-14(19)8-13)20-18(21-17)12-3-4-12/h5-6,9,12-14H,3-4,7-8,10,19H2,1-2H3. The second-order valence-corrected chi connectivity index (χ2v) is 8.10. The molecule has 2 aliphatic rings. The van der Waals surface area contributed by atoms with Gasteiger partial charge in [0.25, 0.3) is 0 Å². The molecule has 0 amide bonds. The minimum absolute atomic E-state index is 0.356. The Morgan fingerprint density at radius 3 is 2.65 bits per heavy atom. The van der Waals surface area contributed by atoms with Gasteiger partial charge in [-0.1, -0.05) is 0 Å². The molecule has 0 atom stereocenters. The summed E-state index contributed by atoms with van der Waals surface area (Å²) in [5, 5.41) is 2.16. The van der Waals surface area contributed by atoms with Gasteiger partial charge in [-0.05, 0) is 49.6 Å². The first-order valence-electron chi connectivity index (χ1n) is 8.48. The van der Waals surface area contributed by atoms with Crippen molar-refractivity contribution >= 4 is 17.2 Å². The predicted octanol–water partition coefficient (Wildman–Crippen LogP) is 3.57. The molecule has 0 unspecified atom stereocenters. The molecule has 23 heavy (non-hydrogen) atoms. The third kappa shape index (κ3) is 3.12. The summed E-state index contributed by atoms with van der Waals surface area (Å²) in [4.78, 5) is 13.4. The first-order chi connectivity index (χ1) is 11.1. The van der Waals surface area contributed by atoms with Gasteiger partial charge in [-0.15, -0.1) is 11.3 Å². The highest BCUT2D eigenvalue weighted by Gasteiger charge is 2.32. The van der Waals surface area contributed by atoms with E-state index in [0.29, 0.717) is 17.9 Å². The highest BCUT2D eigenvalue weighted by Crippen LogP contribution is 2.41. The number of thiophene rings is 1. The van der Waals surface area contributed by atoms with E-state index in [1.165, 1.54) is 29.0 Å². The van der Waals surface area contributed by atoms with E-state index in [4.69, 9.17) is 15.7 Å². The number of nitrogens with two attached hydrogens (primary N) is 1. The summed E-state index contributed by atoms with van der Waals surface area (Å²) in [6.45, 7) is 3.09. The quantitative estimate of drug-likeness (QED) is 0.912. The molecule has 0 radical (unpaired) electrons. The third-order valence-electron chi connectivity index (χ3n) is 5.03. The molecule has 0 spiro atoms. The Balaban J connectivity index is 1.60. The molecule has 0 aliphatic heterocycles. The monoisotopic (exact) mass is 328 g/mol. The summed E-state index contributed by atoms with van der Waals surface area (Å²) in [6.07, 6.45) is 4.60. The molecule has 0 saturated heterocycles. The van der Waals surface area contributed by atoms with Crippen LogP contribution in [-0.4, -0.2) is 23.1 Å². The number of anilines is 1. The van der Waals surface area contributed by atoms with E-state index in [1.54, 1.807) is 0 Å². The summed E-state index contributed by atoms with van der Waals surface area (Å²) < 4.78 is 0. The minimum Gasteiger partial charge on any atom is -0.354 e. The maximum absolute atomic E-state index is 5.97. The van der Waals surface area contributed by atoms with Crippen molar-refractivity contribution in [3.63, 3.8) is 0 Å². The lowest BCUT2D eigenvalue weighted by Crippen LogP contribution is -2.35. The van der Waals surface area contributed by atoms with Crippen LogP contribution >= 0.6 is 11.3 Å². The van der Waals surface area contributed by atoms with E-state index in [0.717, 1.165) is 31.0 Å². The van der Waals surface area contributed by atoms with Crippen molar-refractivity contribution in [3.05, 3.63) is 39.5 Å². The molecule has 5 heteroatoms. The number of hydrogen-bond donors (Lipinski definition) is 1. The summed E-state index contributed by atoms with van der Waals surface area (Å²) >= 11 is 1.82. The van der Waals surface area contributed by atoms with E-state index in [9.17, 15) is 0 Å². The van der Waals surface area contributed by atoms with Crippen molar-refractivity contribution in [2.75, 3.05) is 11.9 Å². The molecule has 122 valence electrons. The zero-order valence-corrected chi connectivity index (χ0v) is 14.6. The first-order valence-corrected chi connectivity index (χ1v) is 9.36. The van der Waals surface area contributed by atoms with Crippen LogP contribution in [0.3, 0.4) is 0 Å². The number of rotatable bonds is 5. The topological polar surface area (TPSA) is 55.0 Å². The lowest BCUT2D eigenvalue weighted by Gasteiger charge is -2.32. The van der Waals surface area contributed by atoms with Crippen LogP contribution < -0.4 is 10.6 Å².